The lowest BCUT2D eigenvalue weighted by Gasteiger charge is -2.20. The number of benzene rings is 1. The second kappa shape index (κ2) is 6.69. The van der Waals surface area contributed by atoms with Crippen LogP contribution >= 0.6 is 15.9 Å². The summed E-state index contributed by atoms with van der Waals surface area (Å²) >= 11 is 2.90. The van der Waals surface area contributed by atoms with E-state index in [-0.39, 0.29) is 17.2 Å². The molecule has 0 aromatic heterocycles. The van der Waals surface area contributed by atoms with Crippen molar-refractivity contribution in [3.63, 3.8) is 0 Å². The fourth-order valence-corrected chi connectivity index (χ4v) is 1.98. The van der Waals surface area contributed by atoms with Crippen LogP contribution in [0.1, 0.15) is 31.0 Å². The van der Waals surface area contributed by atoms with Gasteiger partial charge in [-0.15, -0.1) is 0 Å². The highest BCUT2D eigenvalue weighted by atomic mass is 79.9. The summed E-state index contributed by atoms with van der Waals surface area (Å²) in [6.07, 6.45) is -4.43. The first-order valence-electron chi connectivity index (χ1n) is 5.70. The van der Waals surface area contributed by atoms with Gasteiger partial charge in [-0.1, -0.05) is 22.0 Å². The molecule has 0 aliphatic carbocycles. The molecule has 0 radical (unpaired) electrons. The van der Waals surface area contributed by atoms with Gasteiger partial charge in [-0.05, 0) is 31.5 Å². The van der Waals surface area contributed by atoms with Crippen LogP contribution in [0.3, 0.4) is 0 Å². The number of hydrogen-bond donors (Lipinski definition) is 2. The van der Waals surface area contributed by atoms with Crippen molar-refractivity contribution in [2.75, 3.05) is 6.61 Å². The van der Waals surface area contributed by atoms with Gasteiger partial charge in [0.25, 0.3) is 0 Å². The zero-order chi connectivity index (χ0) is 14.6. The predicted molar refractivity (Wildman–Crippen MR) is 70.3 cm³/mol. The highest BCUT2D eigenvalue weighted by Crippen LogP contribution is 2.36. The van der Waals surface area contributed by atoms with Crippen LogP contribution in [0, 0.1) is 0 Å². The quantitative estimate of drug-likeness (QED) is 0.638. The number of ether oxygens (including phenoxy) is 1. The van der Waals surface area contributed by atoms with Crippen LogP contribution in [0.2, 0.25) is 0 Å². The number of nitrogens with two attached hydrogens (primary N) is 1. The Bertz CT molecular complexity index is 424. The molecule has 0 saturated carbocycles. The van der Waals surface area contributed by atoms with E-state index in [1.807, 2.05) is 13.8 Å². The van der Waals surface area contributed by atoms with E-state index in [0.717, 1.165) is 6.07 Å². The highest BCUT2D eigenvalue weighted by molar-refractivity contribution is 9.10. The van der Waals surface area contributed by atoms with Gasteiger partial charge in [0.05, 0.1) is 24.3 Å². The standard InChI is InChI=1S/C12H16BrF3N2O/c1-7(2)19-6-11(18-17)8-3-4-10(13)9(5-8)12(14,15)16/h3-5,7,11,18H,6,17H2,1-2H3. The first-order chi connectivity index (χ1) is 8.75. The van der Waals surface area contributed by atoms with E-state index >= 15 is 0 Å². The molecule has 0 bridgehead atoms. The maximum atomic E-state index is 12.8. The van der Waals surface area contributed by atoms with Gasteiger partial charge < -0.3 is 4.74 Å². The van der Waals surface area contributed by atoms with Gasteiger partial charge >= 0.3 is 6.18 Å². The second-order valence-corrected chi connectivity index (χ2v) is 5.19. The monoisotopic (exact) mass is 340 g/mol. The Kier molecular flexibility index (Phi) is 5.79. The minimum atomic E-state index is -4.41. The first kappa shape index (κ1) is 16.4. The van der Waals surface area contributed by atoms with Crippen molar-refractivity contribution >= 4 is 15.9 Å². The fraction of sp³-hybridized carbons (Fsp3) is 0.500. The average Bonchev–Trinajstić information content (AvgIpc) is 2.29. The van der Waals surface area contributed by atoms with E-state index in [4.69, 9.17) is 10.6 Å². The van der Waals surface area contributed by atoms with Crippen molar-refractivity contribution in [2.24, 2.45) is 5.84 Å². The molecule has 0 fully saturated rings. The Morgan fingerprint density at radius 1 is 1.37 bits per heavy atom. The Labute approximate surface area is 118 Å². The maximum Gasteiger partial charge on any atom is 0.417 e. The van der Waals surface area contributed by atoms with Gasteiger partial charge in [0.15, 0.2) is 0 Å². The zero-order valence-corrected chi connectivity index (χ0v) is 12.2. The fourth-order valence-electron chi connectivity index (χ4n) is 1.51. The molecule has 0 heterocycles. The summed E-state index contributed by atoms with van der Waals surface area (Å²) in [6.45, 7) is 3.89. The van der Waals surface area contributed by atoms with Gasteiger partial charge in [-0.2, -0.15) is 13.2 Å². The smallest absolute Gasteiger partial charge is 0.377 e. The highest BCUT2D eigenvalue weighted by Gasteiger charge is 2.33. The minimum Gasteiger partial charge on any atom is -0.377 e. The van der Waals surface area contributed by atoms with Crippen molar-refractivity contribution in [2.45, 2.75) is 32.2 Å². The molecule has 7 heteroatoms. The van der Waals surface area contributed by atoms with Crippen molar-refractivity contribution < 1.29 is 17.9 Å². The molecular formula is C12H16BrF3N2O. The molecule has 0 aliphatic heterocycles. The van der Waals surface area contributed by atoms with Crippen LogP contribution in [0.5, 0.6) is 0 Å². The SMILES string of the molecule is CC(C)OCC(NN)c1ccc(Br)c(C(F)(F)F)c1. The van der Waals surface area contributed by atoms with E-state index in [9.17, 15) is 13.2 Å². The predicted octanol–water partition coefficient (Wildman–Crippen LogP) is 3.40. The number of nitrogens with one attached hydrogen (secondary N) is 1. The molecule has 0 amide bonds. The summed E-state index contributed by atoms with van der Waals surface area (Å²) in [5.41, 5.74) is 2.17. The molecule has 19 heavy (non-hydrogen) atoms. The summed E-state index contributed by atoms with van der Waals surface area (Å²) in [5.74, 6) is 5.37. The third kappa shape index (κ3) is 4.76. The van der Waals surface area contributed by atoms with Gasteiger partial charge in [0.1, 0.15) is 0 Å². The Hall–Kier alpha value is -0.630. The van der Waals surface area contributed by atoms with Crippen molar-refractivity contribution in [1.82, 2.24) is 5.43 Å². The number of halogens is 4. The van der Waals surface area contributed by atoms with Crippen molar-refractivity contribution in [1.29, 1.82) is 0 Å². The minimum absolute atomic E-state index is 0.00398. The third-order valence-corrected chi connectivity index (χ3v) is 3.19. The Morgan fingerprint density at radius 2 is 2.00 bits per heavy atom. The van der Waals surface area contributed by atoms with Crippen LogP contribution in [0.4, 0.5) is 13.2 Å². The zero-order valence-electron chi connectivity index (χ0n) is 10.6. The van der Waals surface area contributed by atoms with E-state index in [0.29, 0.717) is 5.56 Å². The van der Waals surface area contributed by atoms with Crippen LogP contribution in [-0.4, -0.2) is 12.7 Å². The molecule has 1 aromatic rings. The first-order valence-corrected chi connectivity index (χ1v) is 6.49. The molecule has 3 N–H and O–H groups in total. The number of hydrogen-bond acceptors (Lipinski definition) is 3. The van der Waals surface area contributed by atoms with Gasteiger partial charge in [-0.3, -0.25) is 11.3 Å². The topological polar surface area (TPSA) is 47.3 Å². The summed E-state index contributed by atoms with van der Waals surface area (Å²) in [6, 6.07) is 3.51. The molecule has 108 valence electrons. The van der Waals surface area contributed by atoms with E-state index in [1.165, 1.54) is 6.07 Å². The molecule has 0 spiro atoms. The number of rotatable bonds is 5. The maximum absolute atomic E-state index is 12.8. The Morgan fingerprint density at radius 3 is 2.47 bits per heavy atom. The van der Waals surface area contributed by atoms with Gasteiger partial charge in [0, 0.05) is 4.47 Å². The molecule has 3 nitrogen and oxygen atoms in total. The van der Waals surface area contributed by atoms with E-state index < -0.39 is 17.8 Å². The van der Waals surface area contributed by atoms with Crippen LogP contribution in [-0.2, 0) is 10.9 Å². The largest absolute Gasteiger partial charge is 0.417 e. The third-order valence-electron chi connectivity index (χ3n) is 2.50. The lowest BCUT2D eigenvalue weighted by atomic mass is 10.0. The normalized spacial score (nSPS) is 13.9. The van der Waals surface area contributed by atoms with Crippen LogP contribution < -0.4 is 11.3 Å². The molecule has 1 rings (SSSR count). The van der Waals surface area contributed by atoms with Crippen LogP contribution in [0.25, 0.3) is 0 Å². The van der Waals surface area contributed by atoms with E-state index in [2.05, 4.69) is 21.4 Å². The number of alkyl halides is 3. The summed E-state index contributed by atoms with van der Waals surface area (Å²) in [4.78, 5) is 0. The number of hydrazine groups is 1. The summed E-state index contributed by atoms with van der Waals surface area (Å²) in [7, 11) is 0. The molecule has 1 aromatic carbocycles. The van der Waals surface area contributed by atoms with Crippen molar-refractivity contribution in [3.05, 3.63) is 33.8 Å². The molecule has 1 atom stereocenters. The second-order valence-electron chi connectivity index (χ2n) is 4.34. The molecule has 0 saturated heterocycles. The van der Waals surface area contributed by atoms with Gasteiger partial charge in [-0.25, -0.2) is 0 Å². The molecule has 1 unspecified atom stereocenters. The average molecular weight is 341 g/mol. The van der Waals surface area contributed by atoms with E-state index in [1.54, 1.807) is 6.07 Å². The van der Waals surface area contributed by atoms with Gasteiger partial charge in [0.2, 0.25) is 0 Å². The Balaban J connectivity index is 2.99. The molecule has 0 aliphatic rings. The lowest BCUT2D eigenvalue weighted by molar-refractivity contribution is -0.138. The van der Waals surface area contributed by atoms with Crippen LogP contribution in [0.15, 0.2) is 22.7 Å². The summed E-state index contributed by atoms with van der Waals surface area (Å²) < 4.78 is 43.8. The van der Waals surface area contributed by atoms with Crippen molar-refractivity contribution in [3.8, 4) is 0 Å². The lowest BCUT2D eigenvalue weighted by Crippen LogP contribution is -2.32. The summed E-state index contributed by atoms with van der Waals surface area (Å²) in [5, 5.41) is 0. The molecular weight excluding hydrogens is 325 g/mol.